The third-order valence-corrected chi connectivity index (χ3v) is 21.4. The third-order valence-electron chi connectivity index (χ3n) is 19.1. The molecule has 0 unspecified atom stereocenters. The summed E-state index contributed by atoms with van der Waals surface area (Å²) in [4.78, 5) is 10.3. The largest absolute Gasteiger partial charge is 0.311 e. The number of anilines is 6. The van der Waals surface area contributed by atoms with Gasteiger partial charge in [0.25, 0.3) is 0 Å². The first-order valence-corrected chi connectivity index (χ1v) is 31.3. The Morgan fingerprint density at radius 3 is 0.965 bits per heavy atom. The SMILES string of the molecule is c1ccc(N2c3cc(-n4c5ccccc5c5ccccc54)ccc3B3c4cc5c6ccccc6c6cc7c(cc6c5cc4Sc4cccc2c43)Sc2cccc3c2B7c2ccc(-n4c5ccccc5c5ccccc54)cc2N3c2ccccc2)cc1. The van der Waals surface area contributed by atoms with Crippen molar-refractivity contribution in [2.75, 3.05) is 9.80 Å². The first-order valence-electron chi connectivity index (χ1n) is 29.7. The van der Waals surface area contributed by atoms with Gasteiger partial charge in [0.05, 0.1) is 22.1 Å². The second-order valence-electron chi connectivity index (χ2n) is 23.4. The highest BCUT2D eigenvalue weighted by molar-refractivity contribution is 8.00. The molecule has 0 saturated heterocycles. The van der Waals surface area contributed by atoms with E-state index in [1.165, 1.54) is 151 Å². The van der Waals surface area contributed by atoms with Crippen LogP contribution in [-0.2, 0) is 0 Å². The first kappa shape index (κ1) is 47.3. The van der Waals surface area contributed by atoms with E-state index in [1.54, 1.807) is 0 Å². The van der Waals surface area contributed by atoms with Gasteiger partial charge < -0.3 is 18.9 Å². The lowest BCUT2D eigenvalue weighted by Gasteiger charge is -2.40. The number of benzene rings is 14. The Bertz CT molecular complexity index is 5200. The zero-order chi connectivity index (χ0) is 55.9. The van der Waals surface area contributed by atoms with Crippen LogP contribution in [0.1, 0.15) is 0 Å². The molecule has 0 amide bonds. The topological polar surface area (TPSA) is 16.3 Å². The van der Waals surface area contributed by atoms with Gasteiger partial charge in [0.2, 0.25) is 13.4 Å². The van der Waals surface area contributed by atoms with Gasteiger partial charge in [-0.25, -0.2) is 0 Å². The average molecular weight is 1130 g/mol. The highest BCUT2D eigenvalue weighted by Crippen LogP contribution is 2.48. The highest BCUT2D eigenvalue weighted by Gasteiger charge is 2.44. The van der Waals surface area contributed by atoms with Crippen LogP contribution in [0.4, 0.5) is 34.1 Å². The lowest BCUT2D eigenvalue weighted by Crippen LogP contribution is -2.59. The molecule has 0 spiro atoms. The molecule has 14 aromatic carbocycles. The number of rotatable bonds is 4. The van der Waals surface area contributed by atoms with E-state index in [9.17, 15) is 0 Å². The zero-order valence-corrected chi connectivity index (χ0v) is 48.0. The van der Waals surface area contributed by atoms with Crippen LogP contribution in [0.5, 0.6) is 0 Å². The summed E-state index contributed by atoms with van der Waals surface area (Å²) >= 11 is 3.87. The predicted molar refractivity (Wildman–Crippen MR) is 367 cm³/mol. The van der Waals surface area contributed by atoms with Crippen LogP contribution in [0, 0.1) is 0 Å². The van der Waals surface area contributed by atoms with Crippen molar-refractivity contribution in [2.24, 2.45) is 0 Å². The molecule has 0 saturated carbocycles. The molecule has 0 atom stereocenters. The molecule has 2 aromatic heterocycles. The molecule has 4 nitrogen and oxygen atoms in total. The quantitative estimate of drug-likeness (QED) is 0.129. The van der Waals surface area contributed by atoms with E-state index >= 15 is 0 Å². The van der Waals surface area contributed by atoms with Crippen LogP contribution in [-0.4, -0.2) is 22.6 Å². The molecule has 0 radical (unpaired) electrons. The van der Waals surface area contributed by atoms with Crippen molar-refractivity contribution in [3.63, 3.8) is 0 Å². The van der Waals surface area contributed by atoms with Crippen LogP contribution in [0.25, 0.3) is 87.3 Å². The van der Waals surface area contributed by atoms with Gasteiger partial charge >= 0.3 is 0 Å². The Kier molecular flexibility index (Phi) is 9.74. The fourth-order valence-electron chi connectivity index (χ4n) is 15.7. The highest BCUT2D eigenvalue weighted by atomic mass is 32.2. The minimum Gasteiger partial charge on any atom is -0.311 e. The summed E-state index contributed by atoms with van der Waals surface area (Å²) in [5, 5.41) is 12.8. The van der Waals surface area contributed by atoms with E-state index in [0.29, 0.717) is 0 Å². The Balaban J connectivity index is 0.795. The maximum atomic E-state index is 2.59. The summed E-state index contributed by atoms with van der Waals surface area (Å²) in [7, 11) is 0. The van der Waals surface area contributed by atoms with Crippen LogP contribution < -0.4 is 42.6 Å². The van der Waals surface area contributed by atoms with Crippen LogP contribution in [0.3, 0.4) is 0 Å². The average Bonchev–Trinajstić information content (AvgIpc) is 1.31. The van der Waals surface area contributed by atoms with Crippen LogP contribution >= 0.6 is 23.5 Å². The predicted octanol–water partition coefficient (Wildman–Crippen LogP) is 16.9. The molecule has 4 aliphatic heterocycles. The summed E-state index contributed by atoms with van der Waals surface area (Å²) in [5.41, 5.74) is 22.4. The number of nitrogens with zero attached hydrogens (tertiary/aromatic N) is 4. The molecule has 396 valence electrons. The van der Waals surface area contributed by atoms with E-state index in [4.69, 9.17) is 0 Å². The van der Waals surface area contributed by atoms with Gasteiger partial charge in [0.1, 0.15) is 0 Å². The van der Waals surface area contributed by atoms with E-state index in [0.717, 1.165) is 22.7 Å². The van der Waals surface area contributed by atoms with Crippen molar-refractivity contribution in [3.05, 3.63) is 279 Å². The maximum absolute atomic E-state index is 2.59. The van der Waals surface area contributed by atoms with Gasteiger partial charge in [-0.1, -0.05) is 204 Å². The van der Waals surface area contributed by atoms with E-state index in [1.807, 2.05) is 23.5 Å². The smallest absolute Gasteiger partial charge is 0.249 e. The Labute approximate surface area is 505 Å². The van der Waals surface area contributed by atoms with Crippen molar-refractivity contribution in [2.45, 2.75) is 19.6 Å². The summed E-state index contributed by atoms with van der Waals surface area (Å²) in [5.74, 6) is 0. The minimum atomic E-state index is 0.0144. The molecule has 0 aliphatic carbocycles. The lowest BCUT2D eigenvalue weighted by molar-refractivity contribution is 1.17. The Hall–Kier alpha value is -10.1. The van der Waals surface area contributed by atoms with Gasteiger partial charge in [0, 0.05) is 86.6 Å². The van der Waals surface area contributed by atoms with Gasteiger partial charge in [-0.3, -0.25) is 0 Å². The molecular weight excluding hydrogens is 1080 g/mol. The van der Waals surface area contributed by atoms with Gasteiger partial charge in [0.15, 0.2) is 0 Å². The number of hydrogen-bond acceptors (Lipinski definition) is 4. The molecule has 86 heavy (non-hydrogen) atoms. The van der Waals surface area contributed by atoms with E-state index in [2.05, 4.69) is 298 Å². The number of para-hydroxylation sites is 6. The Morgan fingerprint density at radius 1 is 0.221 bits per heavy atom. The molecule has 20 rings (SSSR count). The molecule has 0 N–H and O–H groups in total. The van der Waals surface area contributed by atoms with Crippen molar-refractivity contribution in [1.82, 2.24) is 9.13 Å². The second-order valence-corrected chi connectivity index (χ2v) is 25.6. The number of fused-ring (bicyclic) bond motifs is 20. The number of hydrogen-bond donors (Lipinski definition) is 0. The van der Waals surface area contributed by atoms with Crippen molar-refractivity contribution in [3.8, 4) is 11.4 Å². The molecule has 6 heterocycles. The third kappa shape index (κ3) is 6.44. The monoisotopic (exact) mass is 1120 g/mol. The molecule has 0 fully saturated rings. The zero-order valence-electron chi connectivity index (χ0n) is 46.3. The Morgan fingerprint density at radius 2 is 0.570 bits per heavy atom. The minimum absolute atomic E-state index is 0.0144. The van der Waals surface area contributed by atoms with Crippen LogP contribution in [0.2, 0.25) is 0 Å². The summed E-state index contributed by atoms with van der Waals surface area (Å²) in [6.45, 7) is 0.0288. The summed E-state index contributed by atoms with van der Waals surface area (Å²) in [6.07, 6.45) is 0. The van der Waals surface area contributed by atoms with Crippen molar-refractivity contribution >= 4 is 180 Å². The van der Waals surface area contributed by atoms with Gasteiger partial charge in [-0.15, -0.1) is 0 Å². The maximum Gasteiger partial charge on any atom is 0.249 e. The molecular formula is C78H46B2N4S2. The van der Waals surface area contributed by atoms with Gasteiger partial charge in [-0.2, -0.15) is 0 Å². The fourth-order valence-corrected chi connectivity index (χ4v) is 18.0. The van der Waals surface area contributed by atoms with Crippen LogP contribution in [0.15, 0.2) is 299 Å². The fraction of sp³-hybridized carbons (Fsp3) is 0. The first-order chi connectivity index (χ1) is 42.7. The molecule has 8 heteroatoms. The van der Waals surface area contributed by atoms with Crippen molar-refractivity contribution < 1.29 is 0 Å². The molecule has 4 aliphatic rings. The lowest BCUT2D eigenvalue weighted by atomic mass is 9.34. The number of aromatic nitrogens is 2. The second kappa shape index (κ2) is 17.7. The molecule has 0 bridgehead atoms. The molecule has 16 aromatic rings. The van der Waals surface area contributed by atoms with Crippen molar-refractivity contribution in [1.29, 1.82) is 0 Å². The summed E-state index contributed by atoms with van der Waals surface area (Å²) < 4.78 is 4.92. The van der Waals surface area contributed by atoms with Gasteiger partial charge in [-0.05, 0) is 163 Å². The standard InChI is InChI=1S/C78H46B2N4S2/c1-3-19-47(20-4-1)81-69-33-17-35-73-77(69)79(61-39-37-49(41-71(61)81)83-65-29-13-9-25-53(65)54-26-10-14-30-66(54)83)63-43-57-51-23-7-8-24-52(51)58-44-64-76(46-60(58)59(57)45-75(63)85-73)86-74-36-18-34-70-78(74)80(64)62-40-38-50(42-72(62)82(70)48-21-5-2-6-22-48)84-67-31-15-11-27-55(67)56-28-12-16-32-68(56)84/h1-46H. The summed E-state index contributed by atoms with van der Waals surface area (Å²) in [6, 6.07) is 105. The van der Waals surface area contributed by atoms with E-state index < -0.39 is 0 Å². The van der Waals surface area contributed by atoms with E-state index in [-0.39, 0.29) is 13.4 Å². The normalized spacial score (nSPS) is 13.6.